The number of fused-ring (bicyclic) bond motifs is 1. The maximum absolute atomic E-state index is 13.2. The van der Waals surface area contributed by atoms with Crippen LogP contribution in [0.3, 0.4) is 0 Å². The van der Waals surface area contributed by atoms with Crippen molar-refractivity contribution in [3.05, 3.63) is 35.8 Å². The van der Waals surface area contributed by atoms with Gasteiger partial charge in [0.25, 0.3) is 5.95 Å². The Morgan fingerprint density at radius 1 is 1.16 bits per heavy atom. The molecule has 0 aliphatic carbocycles. The van der Waals surface area contributed by atoms with Crippen LogP contribution in [0.5, 0.6) is 0 Å². The molecule has 0 amide bonds. The number of rotatable bonds is 7. The molecule has 0 fully saturated rings. The smallest absolute Gasteiger partial charge is 0.417 e. The molecule has 13 nitrogen and oxygen atoms in total. The van der Waals surface area contributed by atoms with Gasteiger partial charge < -0.3 is 15.0 Å². The lowest BCUT2D eigenvalue weighted by atomic mass is 10.2. The number of anilines is 2. The second-order valence-electron chi connectivity index (χ2n) is 7.57. The van der Waals surface area contributed by atoms with Crippen molar-refractivity contribution in [2.45, 2.75) is 20.0 Å². The van der Waals surface area contributed by atoms with Gasteiger partial charge in [0.1, 0.15) is 22.6 Å². The zero-order valence-corrected chi connectivity index (χ0v) is 20.4. The van der Waals surface area contributed by atoms with Crippen LogP contribution in [0.15, 0.2) is 24.7 Å². The van der Waals surface area contributed by atoms with Crippen LogP contribution in [0.4, 0.5) is 24.7 Å². The van der Waals surface area contributed by atoms with Crippen molar-refractivity contribution >= 4 is 38.7 Å². The van der Waals surface area contributed by atoms with Crippen molar-refractivity contribution in [1.82, 2.24) is 34.3 Å². The number of ether oxygens (including phenoxy) is 1. The highest BCUT2D eigenvalue weighted by Gasteiger charge is 2.32. The third-order valence-electron chi connectivity index (χ3n) is 5.16. The van der Waals surface area contributed by atoms with E-state index in [1.807, 2.05) is 0 Å². The molecule has 0 radical (unpaired) electrons. The largest absolute Gasteiger partial charge is 0.462 e. The molecule has 0 bridgehead atoms. The third-order valence-corrected chi connectivity index (χ3v) is 6.45. The molecule has 4 aromatic rings. The number of carbonyl (C=O) groups excluding carboxylic acids is 1. The van der Waals surface area contributed by atoms with Gasteiger partial charge in [-0.2, -0.15) is 23.0 Å². The summed E-state index contributed by atoms with van der Waals surface area (Å²) in [5, 5.41) is 4.01. The van der Waals surface area contributed by atoms with E-state index in [0.29, 0.717) is 6.20 Å². The molecular weight excluding hydrogens is 519 g/mol. The van der Waals surface area contributed by atoms with E-state index in [1.54, 1.807) is 6.92 Å². The minimum absolute atomic E-state index is 0.0179. The van der Waals surface area contributed by atoms with Gasteiger partial charge in [0, 0.05) is 13.2 Å². The molecule has 4 heterocycles. The van der Waals surface area contributed by atoms with E-state index < -0.39 is 27.7 Å². The number of sulfonamides is 1. The Balaban J connectivity index is 1.91. The number of esters is 1. The summed E-state index contributed by atoms with van der Waals surface area (Å²) in [5.41, 5.74) is 4.79. The molecule has 0 aromatic carbocycles. The zero-order valence-electron chi connectivity index (χ0n) is 19.6. The van der Waals surface area contributed by atoms with Crippen molar-refractivity contribution in [1.29, 1.82) is 0 Å². The lowest BCUT2D eigenvalue weighted by Gasteiger charge is -2.12. The fraction of sp³-hybridized carbons (Fsp3) is 0.300. The predicted molar refractivity (Wildman–Crippen MR) is 125 cm³/mol. The van der Waals surface area contributed by atoms with Crippen LogP contribution in [-0.2, 0) is 28.0 Å². The Bertz CT molecular complexity index is 1610. The molecule has 17 heteroatoms. The van der Waals surface area contributed by atoms with Crippen molar-refractivity contribution in [3.63, 3.8) is 0 Å². The molecule has 0 saturated heterocycles. The Hall–Kier alpha value is -4.28. The quantitative estimate of drug-likeness (QED) is 0.331. The summed E-state index contributed by atoms with van der Waals surface area (Å²) in [7, 11) is -2.33. The first kappa shape index (κ1) is 25.8. The standard InChI is InChI=1S/C20H20F3N9O4S/c1-4-36-18(33)11-8-27-32(15(11)24)19-26-9-13(30-37(34,35)5-2)14(29-19)17-28-12-6-10(20(21,22)23)7-25-16(12)31(17)3/h6-9,30H,4-5,24H2,1-3H3. The lowest BCUT2D eigenvalue weighted by Crippen LogP contribution is -2.17. The van der Waals surface area contributed by atoms with Crippen LogP contribution in [-0.4, -0.2) is 61.0 Å². The second-order valence-corrected chi connectivity index (χ2v) is 9.58. The normalized spacial score (nSPS) is 12.2. The third kappa shape index (κ3) is 4.89. The van der Waals surface area contributed by atoms with E-state index in [4.69, 9.17) is 10.5 Å². The number of hydrogen-bond acceptors (Lipinski definition) is 10. The average molecular weight is 540 g/mol. The average Bonchev–Trinajstić information content (AvgIpc) is 3.38. The molecule has 4 aromatic heterocycles. The molecule has 3 N–H and O–H groups in total. The van der Waals surface area contributed by atoms with Gasteiger partial charge in [-0.3, -0.25) is 4.72 Å². The van der Waals surface area contributed by atoms with Gasteiger partial charge in [0.05, 0.1) is 36.0 Å². The highest BCUT2D eigenvalue weighted by molar-refractivity contribution is 7.92. The number of pyridine rings is 1. The molecular formula is C20H20F3N9O4S. The van der Waals surface area contributed by atoms with Crippen molar-refractivity contribution in [3.8, 4) is 17.5 Å². The molecule has 0 aliphatic rings. The molecule has 0 aliphatic heterocycles. The second kappa shape index (κ2) is 9.30. The number of nitrogens with one attached hydrogen (secondary N) is 1. The fourth-order valence-corrected chi connectivity index (χ4v) is 3.91. The summed E-state index contributed by atoms with van der Waals surface area (Å²) in [5.74, 6) is -1.33. The number of alkyl halides is 3. The number of imidazole rings is 1. The van der Waals surface area contributed by atoms with Crippen LogP contribution >= 0.6 is 0 Å². The minimum Gasteiger partial charge on any atom is -0.462 e. The maximum Gasteiger partial charge on any atom is 0.417 e. The number of nitrogens with two attached hydrogens (primary N) is 1. The maximum atomic E-state index is 13.2. The van der Waals surface area contributed by atoms with Crippen LogP contribution in [0.25, 0.3) is 28.6 Å². The van der Waals surface area contributed by atoms with Crippen LogP contribution < -0.4 is 10.5 Å². The van der Waals surface area contributed by atoms with E-state index in [0.717, 1.165) is 23.1 Å². The van der Waals surface area contributed by atoms with Gasteiger partial charge in [0.2, 0.25) is 10.0 Å². The van der Waals surface area contributed by atoms with Crippen molar-refractivity contribution < 1.29 is 31.1 Å². The Labute approximate surface area is 207 Å². The number of nitrogen functional groups attached to an aromatic ring is 1. The molecule has 196 valence electrons. The minimum atomic E-state index is -4.64. The summed E-state index contributed by atoms with van der Waals surface area (Å²) in [6, 6.07) is 0.820. The van der Waals surface area contributed by atoms with Crippen LogP contribution in [0, 0.1) is 0 Å². The first-order valence-corrected chi connectivity index (χ1v) is 12.3. The predicted octanol–water partition coefficient (Wildman–Crippen LogP) is 2.15. The van der Waals surface area contributed by atoms with Crippen molar-refractivity contribution in [2.24, 2.45) is 7.05 Å². The number of aromatic nitrogens is 7. The van der Waals surface area contributed by atoms with Crippen LogP contribution in [0.2, 0.25) is 0 Å². The topological polar surface area (TPSA) is 173 Å². The lowest BCUT2D eigenvalue weighted by molar-refractivity contribution is -0.137. The van der Waals surface area contributed by atoms with Gasteiger partial charge in [-0.05, 0) is 19.9 Å². The monoisotopic (exact) mass is 539 g/mol. The van der Waals surface area contributed by atoms with Gasteiger partial charge in [0.15, 0.2) is 11.5 Å². The summed E-state index contributed by atoms with van der Waals surface area (Å²) in [6.45, 7) is 3.14. The summed E-state index contributed by atoms with van der Waals surface area (Å²) < 4.78 is 73.8. The first-order valence-electron chi connectivity index (χ1n) is 10.6. The number of nitrogens with zero attached hydrogens (tertiary/aromatic N) is 7. The number of halogens is 3. The molecule has 0 unspecified atom stereocenters. The Morgan fingerprint density at radius 3 is 2.54 bits per heavy atom. The van der Waals surface area contributed by atoms with Gasteiger partial charge >= 0.3 is 12.1 Å². The van der Waals surface area contributed by atoms with Crippen LogP contribution in [0.1, 0.15) is 29.8 Å². The van der Waals surface area contributed by atoms with Gasteiger partial charge in [-0.1, -0.05) is 0 Å². The van der Waals surface area contributed by atoms with E-state index in [2.05, 4.69) is 29.8 Å². The van der Waals surface area contributed by atoms with Gasteiger partial charge in [-0.25, -0.2) is 33.1 Å². The first-order chi connectivity index (χ1) is 17.4. The molecule has 0 spiro atoms. The molecule has 0 saturated carbocycles. The van der Waals surface area contributed by atoms with E-state index >= 15 is 0 Å². The van der Waals surface area contributed by atoms with E-state index in [-0.39, 0.29) is 58.1 Å². The Morgan fingerprint density at radius 2 is 1.89 bits per heavy atom. The van der Waals surface area contributed by atoms with Gasteiger partial charge in [-0.15, -0.1) is 0 Å². The number of hydrogen-bond donors (Lipinski definition) is 2. The van der Waals surface area contributed by atoms with E-state index in [1.165, 1.54) is 18.5 Å². The summed E-state index contributed by atoms with van der Waals surface area (Å²) in [6.07, 6.45) is -1.69. The van der Waals surface area contributed by atoms with E-state index in [9.17, 15) is 26.4 Å². The Kier molecular flexibility index (Phi) is 6.49. The molecule has 37 heavy (non-hydrogen) atoms. The number of aryl methyl sites for hydroxylation is 1. The fourth-order valence-electron chi connectivity index (χ4n) is 3.29. The van der Waals surface area contributed by atoms with Crippen molar-refractivity contribution in [2.75, 3.05) is 22.8 Å². The SMILES string of the molecule is CCOC(=O)c1cnn(-c2ncc(NS(=O)(=O)CC)c(-c3nc4cc(C(F)(F)F)cnc4n3C)n2)c1N. The highest BCUT2D eigenvalue weighted by Crippen LogP contribution is 2.33. The summed E-state index contributed by atoms with van der Waals surface area (Å²) >= 11 is 0. The zero-order chi connectivity index (χ0) is 27.1. The number of carbonyl (C=O) groups is 1. The summed E-state index contributed by atoms with van der Waals surface area (Å²) in [4.78, 5) is 28.6. The highest BCUT2D eigenvalue weighted by atomic mass is 32.2. The molecule has 4 rings (SSSR count). The molecule has 0 atom stereocenters.